The molecule has 7 heteroatoms. The van der Waals surface area contributed by atoms with Gasteiger partial charge < -0.3 is 24.4 Å². The fourth-order valence-corrected chi connectivity index (χ4v) is 4.37. The minimum absolute atomic E-state index is 0. The fourth-order valence-electron chi connectivity index (χ4n) is 4.37. The van der Waals surface area contributed by atoms with Crippen molar-refractivity contribution in [2.24, 2.45) is 5.92 Å². The minimum atomic E-state index is -0.653. The van der Waals surface area contributed by atoms with E-state index in [4.69, 9.17) is 9.47 Å². The normalized spacial score (nSPS) is 17.2. The lowest BCUT2D eigenvalue weighted by molar-refractivity contribution is -0.143. The molecule has 36 heavy (non-hydrogen) atoms. The van der Waals surface area contributed by atoms with Crippen LogP contribution in [0.3, 0.4) is 0 Å². The van der Waals surface area contributed by atoms with E-state index in [9.17, 15) is 9.90 Å². The Morgan fingerprint density at radius 3 is 2.22 bits per heavy atom. The number of hydrogen-bond donors (Lipinski definition) is 1. The second-order valence-corrected chi connectivity index (χ2v) is 9.01. The predicted molar refractivity (Wildman–Crippen MR) is 148 cm³/mol. The molecular formula is C29H41ClN2O4. The van der Waals surface area contributed by atoms with Gasteiger partial charge in [0.2, 0.25) is 0 Å². The van der Waals surface area contributed by atoms with Gasteiger partial charge in [-0.15, -0.1) is 12.4 Å². The van der Waals surface area contributed by atoms with Gasteiger partial charge in [0, 0.05) is 31.1 Å². The van der Waals surface area contributed by atoms with Crippen LogP contribution < -0.4 is 4.90 Å². The van der Waals surface area contributed by atoms with Crippen molar-refractivity contribution in [1.82, 2.24) is 4.90 Å². The van der Waals surface area contributed by atoms with E-state index in [0.717, 1.165) is 58.5 Å². The molecular weight excluding hydrogens is 476 g/mol. The number of para-hydroxylation sites is 2. The Morgan fingerprint density at radius 1 is 1.00 bits per heavy atom. The fraction of sp³-hybridized carbons (Fsp3) is 0.483. The summed E-state index contributed by atoms with van der Waals surface area (Å²) in [6.07, 6.45) is 10.1. The van der Waals surface area contributed by atoms with Crippen LogP contribution in [-0.4, -0.2) is 62.0 Å². The Kier molecular flexibility index (Phi) is 14.7. The highest BCUT2D eigenvalue weighted by atomic mass is 35.5. The first-order chi connectivity index (χ1) is 17.2. The summed E-state index contributed by atoms with van der Waals surface area (Å²) in [5.41, 5.74) is 2.33. The highest BCUT2D eigenvalue weighted by Gasteiger charge is 2.24. The van der Waals surface area contributed by atoms with E-state index in [1.165, 1.54) is 24.2 Å². The van der Waals surface area contributed by atoms with E-state index in [-0.39, 0.29) is 18.3 Å². The first-order valence-corrected chi connectivity index (χ1v) is 12.9. The first-order valence-electron chi connectivity index (χ1n) is 12.9. The summed E-state index contributed by atoms with van der Waals surface area (Å²) in [5, 5.41) is 9.18. The third kappa shape index (κ3) is 11.0. The Bertz CT molecular complexity index is 819. The van der Waals surface area contributed by atoms with Gasteiger partial charge in [0.15, 0.2) is 0 Å². The summed E-state index contributed by atoms with van der Waals surface area (Å²) >= 11 is 0. The first kappa shape index (κ1) is 29.7. The SMILES string of the molecule is C1=COCCC1.Cl.O=C(O)[C@@H]1CCCN(CCCCOCCN(c2ccccc2)c2ccccc2)C1. The van der Waals surface area contributed by atoms with Crippen molar-refractivity contribution >= 4 is 29.8 Å². The Balaban J connectivity index is 0.000000571. The van der Waals surface area contributed by atoms with Gasteiger partial charge in [0.25, 0.3) is 0 Å². The standard InChI is InChI=1S/C24H32N2O3.C5H8O.ClH/c27-24(28)21-10-9-16-25(20-21)15-7-8-18-29-19-17-26(22-11-3-1-4-12-22)23-13-5-2-6-14-23;1-2-4-6-5-3-1;/h1-6,11-14,21H,7-10,15-20H2,(H,27,28);2,4H,1,3,5H2;1H/t21-;;/m1../s1. The van der Waals surface area contributed by atoms with Crippen molar-refractivity contribution in [3.63, 3.8) is 0 Å². The van der Waals surface area contributed by atoms with E-state index in [2.05, 4.69) is 58.3 Å². The van der Waals surface area contributed by atoms with Gasteiger partial charge in [0.05, 0.1) is 25.4 Å². The molecule has 6 nitrogen and oxygen atoms in total. The summed E-state index contributed by atoms with van der Waals surface area (Å²) in [6.45, 7) is 5.82. The van der Waals surface area contributed by atoms with E-state index in [0.29, 0.717) is 13.2 Å². The van der Waals surface area contributed by atoms with E-state index >= 15 is 0 Å². The van der Waals surface area contributed by atoms with Crippen molar-refractivity contribution in [3.8, 4) is 0 Å². The largest absolute Gasteiger partial charge is 0.502 e. The number of aliphatic carboxylic acids is 1. The van der Waals surface area contributed by atoms with E-state index in [1.54, 1.807) is 6.26 Å². The van der Waals surface area contributed by atoms with Crippen molar-refractivity contribution in [2.45, 2.75) is 38.5 Å². The molecule has 0 unspecified atom stereocenters. The number of likely N-dealkylation sites (tertiary alicyclic amines) is 1. The number of hydrogen-bond acceptors (Lipinski definition) is 5. The van der Waals surface area contributed by atoms with Crippen LogP contribution in [-0.2, 0) is 14.3 Å². The van der Waals surface area contributed by atoms with Crippen LogP contribution in [0.1, 0.15) is 38.5 Å². The summed E-state index contributed by atoms with van der Waals surface area (Å²) in [4.78, 5) is 15.7. The minimum Gasteiger partial charge on any atom is -0.502 e. The van der Waals surface area contributed by atoms with Gasteiger partial charge in [-0.3, -0.25) is 4.79 Å². The molecule has 4 rings (SSSR count). The second kappa shape index (κ2) is 17.8. The lowest BCUT2D eigenvalue weighted by Gasteiger charge is -2.30. The summed E-state index contributed by atoms with van der Waals surface area (Å²) in [7, 11) is 0. The number of unbranched alkanes of at least 4 members (excludes halogenated alkanes) is 1. The number of carboxylic acids is 1. The number of carbonyl (C=O) groups is 1. The third-order valence-electron chi connectivity index (χ3n) is 6.29. The lowest BCUT2D eigenvalue weighted by Crippen LogP contribution is -2.39. The maximum Gasteiger partial charge on any atom is 0.307 e. The number of anilines is 2. The average molecular weight is 517 g/mol. The van der Waals surface area contributed by atoms with Crippen molar-refractivity contribution in [2.75, 3.05) is 50.9 Å². The van der Waals surface area contributed by atoms with Gasteiger partial charge in [-0.05, 0) is 82.0 Å². The highest BCUT2D eigenvalue weighted by molar-refractivity contribution is 5.85. The molecule has 2 heterocycles. The van der Waals surface area contributed by atoms with E-state index < -0.39 is 5.97 Å². The molecule has 1 atom stereocenters. The maximum absolute atomic E-state index is 11.2. The number of piperidine rings is 1. The molecule has 0 amide bonds. The summed E-state index contributed by atoms with van der Waals surface area (Å²) in [5.74, 6) is -0.846. The van der Waals surface area contributed by atoms with Crippen molar-refractivity contribution in [3.05, 3.63) is 73.0 Å². The number of benzene rings is 2. The average Bonchev–Trinajstić information content (AvgIpc) is 2.93. The Hall–Kier alpha value is -2.54. The zero-order valence-electron chi connectivity index (χ0n) is 21.2. The molecule has 2 aliphatic heterocycles. The monoisotopic (exact) mass is 516 g/mol. The van der Waals surface area contributed by atoms with Crippen LogP contribution in [0.2, 0.25) is 0 Å². The highest BCUT2D eigenvalue weighted by Crippen LogP contribution is 2.24. The van der Waals surface area contributed by atoms with Crippen LogP contribution in [0.15, 0.2) is 73.0 Å². The van der Waals surface area contributed by atoms with Gasteiger partial charge >= 0.3 is 5.97 Å². The summed E-state index contributed by atoms with van der Waals surface area (Å²) < 4.78 is 10.8. The van der Waals surface area contributed by atoms with E-state index in [1.807, 2.05) is 18.2 Å². The van der Waals surface area contributed by atoms with Gasteiger partial charge in [-0.2, -0.15) is 0 Å². The third-order valence-corrected chi connectivity index (χ3v) is 6.29. The molecule has 2 aromatic carbocycles. The van der Waals surface area contributed by atoms with Crippen LogP contribution in [0.5, 0.6) is 0 Å². The molecule has 198 valence electrons. The second-order valence-electron chi connectivity index (χ2n) is 9.01. The Labute approximate surface area is 222 Å². The van der Waals surface area contributed by atoms with Crippen molar-refractivity contribution < 1.29 is 19.4 Å². The number of nitrogens with zero attached hydrogens (tertiary/aromatic N) is 2. The summed E-state index contributed by atoms with van der Waals surface area (Å²) in [6, 6.07) is 20.8. The van der Waals surface area contributed by atoms with Crippen LogP contribution >= 0.6 is 12.4 Å². The number of rotatable bonds is 11. The van der Waals surface area contributed by atoms with Gasteiger partial charge in [-0.25, -0.2) is 0 Å². The molecule has 0 saturated carbocycles. The number of ether oxygens (including phenoxy) is 2. The molecule has 0 radical (unpaired) electrons. The number of carboxylic acid groups (broad SMARTS) is 1. The predicted octanol–water partition coefficient (Wildman–Crippen LogP) is 6.15. The molecule has 1 saturated heterocycles. The zero-order valence-corrected chi connectivity index (χ0v) is 22.0. The van der Waals surface area contributed by atoms with Gasteiger partial charge in [-0.1, -0.05) is 36.4 Å². The lowest BCUT2D eigenvalue weighted by atomic mass is 9.98. The molecule has 0 spiro atoms. The molecule has 0 bridgehead atoms. The molecule has 1 N–H and O–H groups in total. The smallest absolute Gasteiger partial charge is 0.307 e. The van der Waals surface area contributed by atoms with Crippen LogP contribution in [0.25, 0.3) is 0 Å². The number of allylic oxidation sites excluding steroid dienone is 1. The van der Waals surface area contributed by atoms with Crippen molar-refractivity contribution in [1.29, 1.82) is 0 Å². The molecule has 0 aromatic heterocycles. The number of halogens is 1. The molecule has 0 aliphatic carbocycles. The zero-order chi connectivity index (χ0) is 24.6. The topological polar surface area (TPSA) is 62.2 Å². The Morgan fingerprint density at radius 2 is 1.69 bits per heavy atom. The molecule has 2 aromatic rings. The molecule has 2 aliphatic rings. The van der Waals surface area contributed by atoms with Crippen LogP contribution in [0, 0.1) is 5.92 Å². The molecule has 1 fully saturated rings. The van der Waals surface area contributed by atoms with Crippen LogP contribution in [0.4, 0.5) is 11.4 Å². The maximum atomic E-state index is 11.2. The quantitative estimate of drug-likeness (QED) is 0.361. The van der Waals surface area contributed by atoms with Gasteiger partial charge in [0.1, 0.15) is 0 Å².